The van der Waals surface area contributed by atoms with E-state index >= 15 is 0 Å². The minimum absolute atomic E-state index is 0.0979. The normalized spacial score (nSPS) is 20.4. The van der Waals surface area contributed by atoms with E-state index in [1.54, 1.807) is 11.8 Å². The Balaban J connectivity index is 1.56. The number of hydrogen-bond acceptors (Lipinski definition) is 3. The van der Waals surface area contributed by atoms with E-state index in [0.717, 1.165) is 24.6 Å². The summed E-state index contributed by atoms with van der Waals surface area (Å²) < 4.78 is 5.27. The van der Waals surface area contributed by atoms with Crippen LogP contribution in [0.15, 0.2) is 34.9 Å². The van der Waals surface area contributed by atoms with Crippen LogP contribution in [0.4, 0.5) is 0 Å². The maximum atomic E-state index is 12.6. The molecule has 2 atom stereocenters. The summed E-state index contributed by atoms with van der Waals surface area (Å²) in [4.78, 5) is 14.3. The van der Waals surface area contributed by atoms with Gasteiger partial charge in [-0.3, -0.25) is 4.79 Å². The highest BCUT2D eigenvalue weighted by Crippen LogP contribution is 2.24. The number of nitrogens with zero attached hydrogens (tertiary/aromatic N) is 1. The van der Waals surface area contributed by atoms with Gasteiger partial charge in [0, 0.05) is 18.5 Å². The Morgan fingerprint density at radius 1 is 1.32 bits per heavy atom. The fourth-order valence-electron chi connectivity index (χ4n) is 3.66. The summed E-state index contributed by atoms with van der Waals surface area (Å²) in [7, 11) is 0. The number of aryl methyl sites for hydroxylation is 1. The predicted molar refractivity (Wildman–Crippen MR) is 97.6 cm³/mol. The molecule has 134 valence electrons. The van der Waals surface area contributed by atoms with E-state index < -0.39 is 0 Å². The van der Waals surface area contributed by atoms with E-state index in [1.807, 2.05) is 30.3 Å². The van der Waals surface area contributed by atoms with E-state index in [0.29, 0.717) is 23.6 Å². The highest BCUT2D eigenvalue weighted by molar-refractivity contribution is 6.00. The number of amides is 1. The molecule has 2 heterocycles. The number of carbonyl (C=O) groups is 1. The van der Waals surface area contributed by atoms with Gasteiger partial charge in [-0.25, -0.2) is 0 Å². The minimum Gasteiger partial charge on any atom is -0.360 e. The molecule has 1 fully saturated rings. The van der Waals surface area contributed by atoms with Crippen molar-refractivity contribution in [2.75, 3.05) is 19.6 Å². The molecule has 1 aromatic heterocycles. The van der Waals surface area contributed by atoms with Crippen molar-refractivity contribution in [3.8, 4) is 11.3 Å². The second-order valence-electron chi connectivity index (χ2n) is 6.99. The molecule has 2 N–H and O–H groups in total. The molecule has 3 rings (SSSR count). The Bertz CT molecular complexity index is 696. The quantitative estimate of drug-likeness (QED) is 0.792. The highest BCUT2D eigenvalue weighted by Gasteiger charge is 2.23. The third-order valence-electron chi connectivity index (χ3n) is 5.18. The molecule has 25 heavy (non-hydrogen) atoms. The lowest BCUT2D eigenvalue weighted by molar-refractivity contribution is -0.928. The van der Waals surface area contributed by atoms with Crippen molar-refractivity contribution < 1.29 is 14.2 Å². The van der Waals surface area contributed by atoms with E-state index in [-0.39, 0.29) is 5.91 Å². The summed E-state index contributed by atoms with van der Waals surface area (Å²) in [5.41, 5.74) is 2.06. The molecule has 5 nitrogen and oxygen atoms in total. The lowest BCUT2D eigenvalue weighted by atomic mass is 10.0. The van der Waals surface area contributed by atoms with Crippen molar-refractivity contribution in [3.63, 3.8) is 0 Å². The Morgan fingerprint density at radius 3 is 2.88 bits per heavy atom. The van der Waals surface area contributed by atoms with Gasteiger partial charge in [0.25, 0.3) is 5.91 Å². The first-order valence-corrected chi connectivity index (χ1v) is 9.31. The van der Waals surface area contributed by atoms with Crippen molar-refractivity contribution in [2.24, 2.45) is 0 Å². The molecule has 1 aromatic carbocycles. The van der Waals surface area contributed by atoms with Crippen LogP contribution in [0, 0.1) is 6.92 Å². The van der Waals surface area contributed by atoms with Gasteiger partial charge in [-0.2, -0.15) is 0 Å². The predicted octanol–water partition coefficient (Wildman–Crippen LogP) is 2.23. The number of aromatic nitrogens is 1. The molecule has 0 radical (unpaired) electrons. The number of piperidine rings is 1. The van der Waals surface area contributed by atoms with Gasteiger partial charge in [0.1, 0.15) is 17.0 Å². The molecule has 1 aliphatic heterocycles. The van der Waals surface area contributed by atoms with Crippen LogP contribution < -0.4 is 10.2 Å². The molecule has 0 aliphatic carbocycles. The van der Waals surface area contributed by atoms with Crippen LogP contribution in [0.2, 0.25) is 0 Å². The zero-order valence-corrected chi connectivity index (χ0v) is 15.2. The SMILES string of the molecule is Cc1onc(-c2ccccc2)c1C(=O)NCCC[NH+]1CCCC[C@H]1C. The molecular formula is C20H28N3O2+. The van der Waals surface area contributed by atoms with Gasteiger partial charge < -0.3 is 14.7 Å². The van der Waals surface area contributed by atoms with Crippen LogP contribution in [-0.2, 0) is 0 Å². The van der Waals surface area contributed by atoms with Crippen molar-refractivity contribution in [2.45, 2.75) is 45.6 Å². The van der Waals surface area contributed by atoms with Gasteiger partial charge in [0.05, 0.1) is 19.1 Å². The maximum absolute atomic E-state index is 12.6. The molecule has 0 spiro atoms. The van der Waals surface area contributed by atoms with Gasteiger partial charge in [0.2, 0.25) is 0 Å². The molecule has 5 heteroatoms. The summed E-state index contributed by atoms with van der Waals surface area (Å²) in [6.45, 7) is 7.19. The van der Waals surface area contributed by atoms with Gasteiger partial charge >= 0.3 is 0 Å². The zero-order valence-electron chi connectivity index (χ0n) is 15.2. The topological polar surface area (TPSA) is 59.6 Å². The third kappa shape index (κ3) is 4.28. The van der Waals surface area contributed by atoms with Crippen molar-refractivity contribution >= 4 is 5.91 Å². The second-order valence-corrected chi connectivity index (χ2v) is 6.99. The van der Waals surface area contributed by atoms with Crippen LogP contribution in [0.1, 0.15) is 48.7 Å². The van der Waals surface area contributed by atoms with E-state index in [9.17, 15) is 4.79 Å². The number of hydrogen-bond donors (Lipinski definition) is 2. The van der Waals surface area contributed by atoms with Gasteiger partial charge in [0.15, 0.2) is 0 Å². The first-order chi connectivity index (χ1) is 12.2. The lowest BCUT2D eigenvalue weighted by Gasteiger charge is -2.30. The van der Waals surface area contributed by atoms with Crippen molar-refractivity contribution in [1.82, 2.24) is 10.5 Å². The summed E-state index contributed by atoms with van der Waals surface area (Å²) in [6.07, 6.45) is 5.00. The van der Waals surface area contributed by atoms with E-state index in [1.165, 1.54) is 25.8 Å². The number of rotatable bonds is 6. The minimum atomic E-state index is -0.0979. The van der Waals surface area contributed by atoms with Crippen LogP contribution in [0.25, 0.3) is 11.3 Å². The Morgan fingerprint density at radius 2 is 2.12 bits per heavy atom. The Hall–Kier alpha value is -2.14. The molecule has 0 saturated carbocycles. The van der Waals surface area contributed by atoms with Crippen molar-refractivity contribution in [3.05, 3.63) is 41.7 Å². The molecular weight excluding hydrogens is 314 g/mol. The molecule has 1 amide bonds. The fourth-order valence-corrected chi connectivity index (χ4v) is 3.66. The Labute approximate surface area is 149 Å². The van der Waals surface area contributed by atoms with Crippen LogP contribution in [0.3, 0.4) is 0 Å². The average molecular weight is 342 g/mol. The lowest BCUT2D eigenvalue weighted by Crippen LogP contribution is -3.16. The van der Waals surface area contributed by atoms with Crippen molar-refractivity contribution in [1.29, 1.82) is 0 Å². The first kappa shape index (κ1) is 17.7. The maximum Gasteiger partial charge on any atom is 0.257 e. The molecule has 1 saturated heterocycles. The first-order valence-electron chi connectivity index (χ1n) is 9.31. The number of benzene rings is 1. The highest BCUT2D eigenvalue weighted by atomic mass is 16.5. The van der Waals surface area contributed by atoms with Gasteiger partial charge in [-0.05, 0) is 33.1 Å². The van der Waals surface area contributed by atoms with Gasteiger partial charge in [-0.1, -0.05) is 35.5 Å². The second kappa shape index (κ2) is 8.30. The molecule has 1 aliphatic rings. The number of nitrogens with one attached hydrogen (secondary N) is 2. The average Bonchev–Trinajstić information content (AvgIpc) is 3.02. The van der Waals surface area contributed by atoms with Crippen LogP contribution in [0.5, 0.6) is 0 Å². The number of carbonyl (C=O) groups excluding carboxylic acids is 1. The largest absolute Gasteiger partial charge is 0.360 e. The Kier molecular flexibility index (Phi) is 5.87. The van der Waals surface area contributed by atoms with Crippen LogP contribution in [-0.4, -0.2) is 36.7 Å². The summed E-state index contributed by atoms with van der Waals surface area (Å²) in [5.74, 6) is 0.464. The van der Waals surface area contributed by atoms with E-state index in [4.69, 9.17) is 4.52 Å². The smallest absolute Gasteiger partial charge is 0.257 e. The fraction of sp³-hybridized carbons (Fsp3) is 0.500. The molecule has 0 bridgehead atoms. The summed E-state index contributed by atoms with van der Waals surface area (Å²) in [6, 6.07) is 10.4. The summed E-state index contributed by atoms with van der Waals surface area (Å²) >= 11 is 0. The standard InChI is InChI=1S/C20H27N3O2/c1-15-9-6-7-13-23(15)14-8-12-21-20(24)18-16(2)25-22-19(18)17-10-4-3-5-11-17/h3-5,10-11,15H,6-9,12-14H2,1-2H3,(H,21,24)/p+1/t15-/m1/s1. The number of likely N-dealkylation sites (tertiary alicyclic amines) is 1. The molecule has 1 unspecified atom stereocenters. The van der Waals surface area contributed by atoms with Crippen LogP contribution >= 0.6 is 0 Å². The zero-order chi connectivity index (χ0) is 17.6. The van der Waals surface area contributed by atoms with Gasteiger partial charge in [-0.15, -0.1) is 0 Å². The third-order valence-corrected chi connectivity index (χ3v) is 5.18. The molecule has 2 aromatic rings. The monoisotopic (exact) mass is 342 g/mol. The van der Waals surface area contributed by atoms with E-state index in [2.05, 4.69) is 17.4 Å². The summed E-state index contributed by atoms with van der Waals surface area (Å²) in [5, 5.41) is 7.12. The number of quaternary nitrogens is 1.